The Kier molecular flexibility index (Phi) is 4.03. The van der Waals surface area contributed by atoms with Gasteiger partial charge in [-0.2, -0.15) is 0 Å². The van der Waals surface area contributed by atoms with E-state index in [2.05, 4.69) is 5.32 Å². The number of hydrogen-bond donors (Lipinski definition) is 2. The van der Waals surface area contributed by atoms with Crippen molar-refractivity contribution in [2.45, 2.75) is 6.92 Å². The van der Waals surface area contributed by atoms with Crippen LogP contribution < -0.4 is 10.5 Å². The Morgan fingerprint density at radius 2 is 1.88 bits per heavy atom. The third kappa shape index (κ3) is 4.41. The number of primary sulfonamides is 1. The highest BCUT2D eigenvalue weighted by atomic mass is 32.2. The van der Waals surface area contributed by atoms with Gasteiger partial charge < -0.3 is 5.32 Å². The summed E-state index contributed by atoms with van der Waals surface area (Å²) in [5.41, 5.74) is 1.38. The number of ketones is 1. The molecule has 5 nitrogen and oxygen atoms in total. The fraction of sp³-hybridized carbons (Fsp3) is 0.300. The highest BCUT2D eigenvalue weighted by Gasteiger charge is 2.02. The van der Waals surface area contributed by atoms with Crippen LogP contribution in [0.25, 0.3) is 0 Å². The Hall–Kier alpha value is -1.40. The number of Topliss-reactive ketones (excluding diaryl/α,β-unsaturated/α-hetero) is 1. The van der Waals surface area contributed by atoms with Gasteiger partial charge in [0.2, 0.25) is 10.0 Å². The van der Waals surface area contributed by atoms with E-state index in [1.807, 2.05) is 0 Å². The highest BCUT2D eigenvalue weighted by Crippen LogP contribution is 2.09. The Balaban J connectivity index is 2.53. The smallest absolute Gasteiger partial charge is 0.210 e. The molecule has 0 fully saturated rings. The summed E-state index contributed by atoms with van der Waals surface area (Å²) < 4.78 is 21.3. The fourth-order valence-corrected chi connectivity index (χ4v) is 1.55. The topological polar surface area (TPSA) is 89.3 Å². The monoisotopic (exact) mass is 242 g/mol. The standard InChI is InChI=1S/C10H14N2O3S/c1-8(13)9-2-4-10(5-3-9)12-6-7-16(11,14)15/h2-5,12H,6-7H2,1H3,(H2,11,14,15). The lowest BCUT2D eigenvalue weighted by Crippen LogP contribution is -2.22. The van der Waals surface area contributed by atoms with Gasteiger partial charge in [-0.1, -0.05) is 0 Å². The van der Waals surface area contributed by atoms with Crippen molar-refractivity contribution in [2.75, 3.05) is 17.6 Å². The van der Waals surface area contributed by atoms with Crippen LogP contribution in [0.5, 0.6) is 0 Å². The molecular weight excluding hydrogens is 228 g/mol. The van der Waals surface area contributed by atoms with E-state index in [-0.39, 0.29) is 18.1 Å². The van der Waals surface area contributed by atoms with E-state index in [0.29, 0.717) is 5.56 Å². The lowest BCUT2D eigenvalue weighted by Gasteiger charge is -2.05. The first-order valence-electron chi connectivity index (χ1n) is 4.74. The van der Waals surface area contributed by atoms with Gasteiger partial charge in [-0.25, -0.2) is 13.6 Å². The van der Waals surface area contributed by atoms with E-state index in [1.54, 1.807) is 24.3 Å². The molecule has 0 bridgehead atoms. The minimum atomic E-state index is -3.43. The van der Waals surface area contributed by atoms with Crippen molar-refractivity contribution >= 4 is 21.5 Å². The Morgan fingerprint density at radius 1 is 1.31 bits per heavy atom. The molecule has 6 heteroatoms. The average Bonchev–Trinajstić information content (AvgIpc) is 2.16. The molecule has 0 amide bonds. The van der Waals surface area contributed by atoms with Crippen LogP contribution in [0.4, 0.5) is 5.69 Å². The van der Waals surface area contributed by atoms with Gasteiger partial charge in [0, 0.05) is 17.8 Å². The third-order valence-corrected chi connectivity index (χ3v) is 2.78. The quantitative estimate of drug-likeness (QED) is 0.739. The molecule has 0 aliphatic rings. The third-order valence-electron chi connectivity index (χ3n) is 2.01. The first kappa shape index (κ1) is 12.7. The lowest BCUT2D eigenvalue weighted by molar-refractivity contribution is 0.101. The molecule has 0 aliphatic carbocycles. The normalized spacial score (nSPS) is 11.1. The summed E-state index contributed by atoms with van der Waals surface area (Å²) in [6.07, 6.45) is 0. The van der Waals surface area contributed by atoms with Crippen molar-refractivity contribution in [1.82, 2.24) is 0 Å². The van der Waals surface area contributed by atoms with Gasteiger partial charge in [-0.3, -0.25) is 4.79 Å². The number of anilines is 1. The van der Waals surface area contributed by atoms with Crippen LogP contribution in [0.1, 0.15) is 17.3 Å². The minimum absolute atomic E-state index is 0.00362. The molecule has 0 spiro atoms. The molecule has 0 saturated carbocycles. The molecular formula is C10H14N2O3S. The van der Waals surface area contributed by atoms with Crippen molar-refractivity contribution < 1.29 is 13.2 Å². The van der Waals surface area contributed by atoms with Gasteiger partial charge in [0.1, 0.15) is 0 Å². The van der Waals surface area contributed by atoms with E-state index in [4.69, 9.17) is 5.14 Å². The average molecular weight is 242 g/mol. The zero-order valence-corrected chi connectivity index (χ0v) is 9.75. The SMILES string of the molecule is CC(=O)c1ccc(NCCS(N)(=O)=O)cc1. The first-order valence-corrected chi connectivity index (χ1v) is 6.45. The van der Waals surface area contributed by atoms with E-state index in [1.165, 1.54) is 6.92 Å². The van der Waals surface area contributed by atoms with Crippen LogP contribution in [-0.4, -0.2) is 26.5 Å². The van der Waals surface area contributed by atoms with Crippen molar-refractivity contribution in [1.29, 1.82) is 0 Å². The second kappa shape index (κ2) is 5.09. The second-order valence-corrected chi connectivity index (χ2v) is 5.16. The minimum Gasteiger partial charge on any atom is -0.384 e. The van der Waals surface area contributed by atoms with Gasteiger partial charge in [-0.05, 0) is 31.2 Å². The summed E-state index contributed by atoms with van der Waals surface area (Å²) in [6, 6.07) is 6.81. The molecule has 0 unspecified atom stereocenters. The molecule has 0 atom stereocenters. The van der Waals surface area contributed by atoms with Crippen molar-refractivity contribution in [2.24, 2.45) is 5.14 Å². The van der Waals surface area contributed by atoms with Crippen LogP contribution in [-0.2, 0) is 10.0 Å². The van der Waals surface area contributed by atoms with Crippen LogP contribution in [0.3, 0.4) is 0 Å². The summed E-state index contributed by atoms with van der Waals surface area (Å²) in [5, 5.41) is 7.75. The number of rotatable bonds is 5. The highest BCUT2D eigenvalue weighted by molar-refractivity contribution is 7.89. The van der Waals surface area contributed by atoms with Gasteiger partial charge in [0.25, 0.3) is 0 Å². The molecule has 0 radical (unpaired) electrons. The van der Waals surface area contributed by atoms with Gasteiger partial charge in [-0.15, -0.1) is 0 Å². The van der Waals surface area contributed by atoms with Crippen molar-refractivity contribution in [3.8, 4) is 0 Å². The Labute approximate surface area is 94.7 Å². The summed E-state index contributed by atoms with van der Waals surface area (Å²) in [4.78, 5) is 11.0. The molecule has 0 aliphatic heterocycles. The van der Waals surface area contributed by atoms with Crippen molar-refractivity contribution in [3.05, 3.63) is 29.8 Å². The van der Waals surface area contributed by atoms with Gasteiger partial charge >= 0.3 is 0 Å². The zero-order valence-electron chi connectivity index (χ0n) is 8.93. The van der Waals surface area contributed by atoms with Crippen LogP contribution >= 0.6 is 0 Å². The molecule has 88 valence electrons. The van der Waals surface area contributed by atoms with Gasteiger partial charge in [0.15, 0.2) is 5.78 Å². The summed E-state index contributed by atoms with van der Waals surface area (Å²) in [7, 11) is -3.43. The molecule has 3 N–H and O–H groups in total. The molecule has 1 aromatic rings. The van der Waals surface area contributed by atoms with Crippen LogP contribution in [0, 0.1) is 0 Å². The predicted molar refractivity (Wildman–Crippen MR) is 62.9 cm³/mol. The van der Waals surface area contributed by atoms with E-state index >= 15 is 0 Å². The van der Waals surface area contributed by atoms with Gasteiger partial charge in [0.05, 0.1) is 5.75 Å². The molecule has 1 aromatic carbocycles. The van der Waals surface area contributed by atoms with E-state index < -0.39 is 10.0 Å². The van der Waals surface area contributed by atoms with Crippen molar-refractivity contribution in [3.63, 3.8) is 0 Å². The van der Waals surface area contributed by atoms with E-state index in [9.17, 15) is 13.2 Å². The van der Waals surface area contributed by atoms with Crippen LogP contribution in [0.15, 0.2) is 24.3 Å². The summed E-state index contributed by atoms with van der Waals surface area (Å²) in [6.45, 7) is 1.74. The molecule has 0 aromatic heterocycles. The number of hydrogen-bond acceptors (Lipinski definition) is 4. The number of benzene rings is 1. The number of nitrogens with two attached hydrogens (primary N) is 1. The summed E-state index contributed by atoms with van der Waals surface area (Å²) in [5.74, 6) is -0.127. The number of carbonyl (C=O) groups is 1. The number of sulfonamides is 1. The maximum Gasteiger partial charge on any atom is 0.210 e. The first-order chi connectivity index (χ1) is 7.38. The summed E-state index contributed by atoms with van der Waals surface area (Å²) >= 11 is 0. The number of carbonyl (C=O) groups excluding carboxylic acids is 1. The maximum atomic E-state index is 11.0. The molecule has 0 saturated heterocycles. The molecule has 16 heavy (non-hydrogen) atoms. The van der Waals surface area contributed by atoms with E-state index in [0.717, 1.165) is 5.69 Å². The molecule has 0 heterocycles. The fourth-order valence-electron chi connectivity index (χ4n) is 1.16. The Morgan fingerprint density at radius 3 is 2.31 bits per heavy atom. The zero-order chi connectivity index (χ0) is 12.2. The maximum absolute atomic E-state index is 11.0. The lowest BCUT2D eigenvalue weighted by atomic mass is 10.1. The van der Waals surface area contributed by atoms with Crippen LogP contribution in [0.2, 0.25) is 0 Å². The Bertz CT molecular complexity index is 465. The second-order valence-electron chi connectivity index (χ2n) is 3.43. The number of nitrogens with one attached hydrogen (secondary N) is 1. The largest absolute Gasteiger partial charge is 0.384 e. The molecule has 1 rings (SSSR count). The predicted octanol–water partition coefficient (Wildman–Crippen LogP) is 0.590.